The van der Waals surface area contributed by atoms with E-state index in [1.807, 2.05) is 6.92 Å². The van der Waals surface area contributed by atoms with E-state index in [0.717, 1.165) is 25.8 Å². The zero-order valence-corrected chi connectivity index (χ0v) is 12.9. The first-order chi connectivity index (χ1) is 8.92. The quantitative estimate of drug-likeness (QED) is 0.635. The Bertz CT molecular complexity index is 294. The van der Waals surface area contributed by atoms with Crippen molar-refractivity contribution in [1.82, 2.24) is 10.2 Å². The van der Waals surface area contributed by atoms with Crippen LogP contribution in [0.25, 0.3) is 0 Å². The Kier molecular flexibility index (Phi) is 6.23. The molecule has 112 valence electrons. The third kappa shape index (κ3) is 5.09. The van der Waals surface area contributed by atoms with E-state index in [2.05, 4.69) is 24.2 Å². The van der Waals surface area contributed by atoms with Gasteiger partial charge in [-0.1, -0.05) is 0 Å². The van der Waals surface area contributed by atoms with Gasteiger partial charge in [0, 0.05) is 25.7 Å². The molecule has 2 atom stereocenters. The van der Waals surface area contributed by atoms with Gasteiger partial charge in [0.2, 0.25) is 0 Å². The van der Waals surface area contributed by atoms with Crippen molar-refractivity contribution in [3.05, 3.63) is 0 Å². The lowest BCUT2D eigenvalue weighted by Crippen LogP contribution is -2.54. The van der Waals surface area contributed by atoms with Gasteiger partial charge in [0.05, 0.1) is 13.7 Å². The van der Waals surface area contributed by atoms with E-state index in [1.54, 1.807) is 7.11 Å². The van der Waals surface area contributed by atoms with Crippen LogP contribution in [-0.2, 0) is 14.3 Å². The number of methoxy groups -OCH3 is 2. The molecule has 1 aliphatic rings. The van der Waals surface area contributed by atoms with Gasteiger partial charge in [0.15, 0.2) is 0 Å². The molecule has 1 fully saturated rings. The monoisotopic (exact) mass is 272 g/mol. The summed E-state index contributed by atoms with van der Waals surface area (Å²) in [6, 6.07) is 0.756. The molecule has 0 aromatic rings. The SMILES string of the molecule is COCCN(C)C(C)CC(C)(NC1CC1)C(=O)OC. The summed E-state index contributed by atoms with van der Waals surface area (Å²) >= 11 is 0. The van der Waals surface area contributed by atoms with Crippen LogP contribution in [0.5, 0.6) is 0 Å². The average molecular weight is 272 g/mol. The average Bonchev–Trinajstić information content (AvgIpc) is 3.18. The molecule has 2 unspecified atom stereocenters. The molecule has 0 aromatic carbocycles. The minimum Gasteiger partial charge on any atom is -0.468 e. The molecule has 0 bridgehead atoms. The second-order valence-electron chi connectivity index (χ2n) is 5.77. The highest BCUT2D eigenvalue weighted by atomic mass is 16.5. The van der Waals surface area contributed by atoms with Crippen LogP contribution >= 0.6 is 0 Å². The normalized spacial score (nSPS) is 20.1. The zero-order valence-electron chi connectivity index (χ0n) is 12.9. The summed E-state index contributed by atoms with van der Waals surface area (Å²) < 4.78 is 10.0. The molecule has 0 spiro atoms. The van der Waals surface area contributed by atoms with Gasteiger partial charge in [0.1, 0.15) is 5.54 Å². The van der Waals surface area contributed by atoms with Gasteiger partial charge in [-0.2, -0.15) is 0 Å². The molecule has 5 nitrogen and oxygen atoms in total. The summed E-state index contributed by atoms with van der Waals surface area (Å²) in [5.41, 5.74) is -0.601. The first-order valence-corrected chi connectivity index (χ1v) is 6.98. The Morgan fingerprint density at radius 3 is 2.58 bits per heavy atom. The number of carbonyl (C=O) groups is 1. The first-order valence-electron chi connectivity index (χ1n) is 6.98. The molecule has 0 aliphatic heterocycles. The number of nitrogens with one attached hydrogen (secondary N) is 1. The number of nitrogens with zero attached hydrogens (tertiary/aromatic N) is 1. The van der Waals surface area contributed by atoms with Gasteiger partial charge in [-0.15, -0.1) is 0 Å². The Labute approximate surface area is 116 Å². The van der Waals surface area contributed by atoms with Crippen LogP contribution in [0.2, 0.25) is 0 Å². The molecule has 0 saturated heterocycles. The van der Waals surface area contributed by atoms with Gasteiger partial charge >= 0.3 is 5.97 Å². The minimum absolute atomic E-state index is 0.175. The predicted molar refractivity (Wildman–Crippen MR) is 75.2 cm³/mol. The van der Waals surface area contributed by atoms with Crippen LogP contribution in [0.3, 0.4) is 0 Å². The second kappa shape index (κ2) is 7.22. The van der Waals surface area contributed by atoms with Gasteiger partial charge in [0.25, 0.3) is 0 Å². The maximum Gasteiger partial charge on any atom is 0.325 e. The topological polar surface area (TPSA) is 50.8 Å². The number of carbonyl (C=O) groups excluding carboxylic acids is 1. The van der Waals surface area contributed by atoms with Crippen molar-refractivity contribution in [3.8, 4) is 0 Å². The number of esters is 1. The van der Waals surface area contributed by atoms with Gasteiger partial charge in [-0.05, 0) is 40.2 Å². The summed E-state index contributed by atoms with van der Waals surface area (Å²) in [5.74, 6) is -0.175. The highest BCUT2D eigenvalue weighted by Crippen LogP contribution is 2.26. The molecule has 19 heavy (non-hydrogen) atoms. The molecule has 1 N–H and O–H groups in total. The highest BCUT2D eigenvalue weighted by Gasteiger charge is 2.40. The Morgan fingerprint density at radius 2 is 2.11 bits per heavy atom. The molecule has 0 amide bonds. The Hall–Kier alpha value is -0.650. The van der Waals surface area contributed by atoms with E-state index < -0.39 is 5.54 Å². The summed E-state index contributed by atoms with van der Waals surface area (Å²) in [5, 5.41) is 3.43. The van der Waals surface area contributed by atoms with Crippen molar-refractivity contribution in [2.75, 3.05) is 34.4 Å². The summed E-state index contributed by atoms with van der Waals surface area (Å²) in [4.78, 5) is 14.2. The van der Waals surface area contributed by atoms with Crippen LogP contribution in [-0.4, -0.2) is 62.9 Å². The van der Waals surface area contributed by atoms with E-state index in [9.17, 15) is 4.79 Å². The second-order valence-corrected chi connectivity index (χ2v) is 5.77. The highest BCUT2D eigenvalue weighted by molar-refractivity contribution is 5.80. The maximum atomic E-state index is 12.0. The molecule has 1 saturated carbocycles. The fourth-order valence-electron chi connectivity index (χ4n) is 2.31. The van der Waals surface area contributed by atoms with Gasteiger partial charge in [-0.25, -0.2) is 0 Å². The number of likely N-dealkylation sites (N-methyl/N-ethyl adjacent to an activating group) is 1. The lowest BCUT2D eigenvalue weighted by molar-refractivity contribution is -0.148. The Morgan fingerprint density at radius 1 is 1.47 bits per heavy atom. The summed E-state index contributed by atoms with van der Waals surface area (Å²) in [6.45, 7) is 5.63. The van der Waals surface area contributed by atoms with E-state index in [0.29, 0.717) is 12.6 Å². The summed E-state index contributed by atoms with van der Waals surface area (Å²) in [6.07, 6.45) is 3.04. The molecule has 5 heteroatoms. The first kappa shape index (κ1) is 16.4. The van der Waals surface area contributed by atoms with Crippen LogP contribution in [0.1, 0.15) is 33.1 Å². The number of hydrogen-bond donors (Lipinski definition) is 1. The largest absolute Gasteiger partial charge is 0.468 e. The molecule has 0 aromatic heterocycles. The fraction of sp³-hybridized carbons (Fsp3) is 0.929. The van der Waals surface area contributed by atoms with Gasteiger partial charge in [-0.3, -0.25) is 10.1 Å². The standard InChI is InChI=1S/C14H28N2O3/c1-11(16(3)8-9-18-4)10-14(2,13(17)19-5)15-12-6-7-12/h11-12,15H,6-10H2,1-5H3. The summed E-state index contributed by atoms with van der Waals surface area (Å²) in [7, 11) is 5.21. The van der Waals surface area contributed by atoms with Gasteiger partial charge < -0.3 is 14.4 Å². The number of ether oxygens (including phenoxy) is 2. The third-order valence-electron chi connectivity index (χ3n) is 3.84. The lowest BCUT2D eigenvalue weighted by Gasteiger charge is -2.34. The number of rotatable bonds is 9. The smallest absolute Gasteiger partial charge is 0.325 e. The predicted octanol–water partition coefficient (Wildman–Crippen LogP) is 1.03. The van der Waals surface area contributed by atoms with E-state index in [-0.39, 0.29) is 12.0 Å². The third-order valence-corrected chi connectivity index (χ3v) is 3.84. The number of hydrogen-bond acceptors (Lipinski definition) is 5. The molecule has 0 radical (unpaired) electrons. The van der Waals surface area contributed by atoms with E-state index in [4.69, 9.17) is 9.47 Å². The van der Waals surface area contributed by atoms with Crippen LogP contribution in [0.15, 0.2) is 0 Å². The van der Waals surface area contributed by atoms with Crippen molar-refractivity contribution < 1.29 is 14.3 Å². The van der Waals surface area contributed by atoms with Crippen molar-refractivity contribution in [2.24, 2.45) is 0 Å². The van der Waals surface area contributed by atoms with Crippen molar-refractivity contribution in [3.63, 3.8) is 0 Å². The zero-order chi connectivity index (χ0) is 14.5. The molecule has 1 aliphatic carbocycles. The molecular weight excluding hydrogens is 244 g/mol. The van der Waals surface area contributed by atoms with Crippen molar-refractivity contribution >= 4 is 5.97 Å². The lowest BCUT2D eigenvalue weighted by atomic mass is 9.92. The fourth-order valence-corrected chi connectivity index (χ4v) is 2.31. The van der Waals surface area contributed by atoms with Crippen LogP contribution < -0.4 is 5.32 Å². The van der Waals surface area contributed by atoms with Crippen LogP contribution in [0.4, 0.5) is 0 Å². The molecule has 0 heterocycles. The van der Waals surface area contributed by atoms with E-state index in [1.165, 1.54) is 7.11 Å². The Balaban J connectivity index is 2.57. The molecule has 1 rings (SSSR count). The van der Waals surface area contributed by atoms with Crippen molar-refractivity contribution in [1.29, 1.82) is 0 Å². The molecular formula is C14H28N2O3. The maximum absolute atomic E-state index is 12.0. The minimum atomic E-state index is -0.601. The van der Waals surface area contributed by atoms with Crippen LogP contribution in [0, 0.1) is 0 Å². The van der Waals surface area contributed by atoms with Crippen molar-refractivity contribution in [2.45, 2.75) is 50.7 Å². The van der Waals surface area contributed by atoms with E-state index >= 15 is 0 Å².